The maximum absolute atomic E-state index is 12.7. The van der Waals surface area contributed by atoms with Crippen molar-refractivity contribution in [2.45, 2.75) is 30.2 Å². The molecule has 2 aliphatic rings. The maximum atomic E-state index is 12.7. The van der Waals surface area contributed by atoms with Crippen LogP contribution in [0.1, 0.15) is 19.3 Å². The molecule has 2 fully saturated rings. The van der Waals surface area contributed by atoms with Crippen molar-refractivity contribution in [1.29, 1.82) is 0 Å². The molecule has 1 aliphatic carbocycles. The molecule has 9 heteroatoms. The number of halogens is 1. The van der Waals surface area contributed by atoms with E-state index in [-0.39, 0.29) is 10.8 Å². The van der Waals surface area contributed by atoms with Crippen LogP contribution in [0.2, 0.25) is 5.02 Å². The van der Waals surface area contributed by atoms with Gasteiger partial charge in [0.15, 0.2) is 0 Å². The minimum absolute atomic E-state index is 0.0631. The summed E-state index contributed by atoms with van der Waals surface area (Å²) in [5, 5.41) is 3.67. The molecule has 1 saturated heterocycles. The molecule has 1 aliphatic heterocycles. The van der Waals surface area contributed by atoms with Gasteiger partial charge >= 0.3 is 0 Å². The third-order valence-electron chi connectivity index (χ3n) is 4.95. The molecule has 2 heterocycles. The predicted octanol–water partition coefficient (Wildman–Crippen LogP) is 2.64. The number of anilines is 2. The summed E-state index contributed by atoms with van der Waals surface area (Å²) in [5.41, 5.74) is 0.762. The molecule has 0 spiro atoms. The van der Waals surface area contributed by atoms with Crippen molar-refractivity contribution in [2.75, 3.05) is 23.3 Å². The van der Waals surface area contributed by atoms with Gasteiger partial charge in [0.2, 0.25) is 15.9 Å². The molecule has 0 radical (unpaired) electrons. The van der Waals surface area contributed by atoms with Crippen LogP contribution >= 0.6 is 11.6 Å². The SMILES string of the molecule is O=C1C(Nc2ccc(S(=O)(=O)NCC3CC3)cn2)CCN1c1cccc(Cl)c1. The summed E-state index contributed by atoms with van der Waals surface area (Å²) in [7, 11) is -3.55. The van der Waals surface area contributed by atoms with Gasteiger partial charge in [0.05, 0.1) is 0 Å². The number of aromatic nitrogens is 1. The highest BCUT2D eigenvalue weighted by atomic mass is 35.5. The van der Waals surface area contributed by atoms with Crippen molar-refractivity contribution in [3.63, 3.8) is 0 Å². The van der Waals surface area contributed by atoms with E-state index < -0.39 is 16.1 Å². The van der Waals surface area contributed by atoms with Gasteiger partial charge in [-0.3, -0.25) is 4.79 Å². The highest BCUT2D eigenvalue weighted by Crippen LogP contribution is 2.28. The number of hydrogen-bond acceptors (Lipinski definition) is 5. The normalized spacial score (nSPS) is 19.8. The van der Waals surface area contributed by atoms with Gasteiger partial charge in [0.1, 0.15) is 16.8 Å². The fraction of sp³-hybridized carbons (Fsp3) is 0.368. The maximum Gasteiger partial charge on any atom is 0.249 e. The van der Waals surface area contributed by atoms with Crippen molar-refractivity contribution < 1.29 is 13.2 Å². The summed E-state index contributed by atoms with van der Waals surface area (Å²) in [6.07, 6.45) is 4.08. The molecule has 2 aromatic rings. The Morgan fingerprint density at radius 2 is 2.00 bits per heavy atom. The van der Waals surface area contributed by atoms with Crippen LogP contribution in [0.25, 0.3) is 0 Å². The number of nitrogens with one attached hydrogen (secondary N) is 2. The van der Waals surface area contributed by atoms with Gasteiger partial charge < -0.3 is 10.2 Å². The smallest absolute Gasteiger partial charge is 0.249 e. The van der Waals surface area contributed by atoms with Gasteiger partial charge in [-0.2, -0.15) is 0 Å². The Morgan fingerprint density at radius 3 is 2.68 bits per heavy atom. The zero-order valence-electron chi connectivity index (χ0n) is 15.1. The first-order valence-electron chi connectivity index (χ1n) is 9.21. The van der Waals surface area contributed by atoms with Gasteiger partial charge in [0.25, 0.3) is 0 Å². The van der Waals surface area contributed by atoms with E-state index in [0.717, 1.165) is 18.5 Å². The standard InChI is InChI=1S/C19H21ClN4O3S/c20-14-2-1-3-15(10-14)24-9-8-17(19(24)25)23-18-7-6-16(12-21-18)28(26,27)22-11-13-4-5-13/h1-3,6-7,10,12-13,17,22H,4-5,8-9,11H2,(H,21,23). The van der Waals surface area contributed by atoms with Crippen LogP contribution in [0.3, 0.4) is 0 Å². The predicted molar refractivity (Wildman–Crippen MR) is 108 cm³/mol. The van der Waals surface area contributed by atoms with Gasteiger partial charge in [-0.15, -0.1) is 0 Å². The van der Waals surface area contributed by atoms with Crippen LogP contribution in [0.5, 0.6) is 0 Å². The monoisotopic (exact) mass is 420 g/mol. The Labute approximate surface area is 169 Å². The average Bonchev–Trinajstić information content (AvgIpc) is 3.44. The molecule has 1 atom stereocenters. The molecule has 0 bridgehead atoms. The van der Waals surface area contributed by atoms with Crippen molar-refractivity contribution >= 4 is 39.0 Å². The number of nitrogens with zero attached hydrogens (tertiary/aromatic N) is 2. The van der Waals surface area contributed by atoms with E-state index in [2.05, 4.69) is 15.0 Å². The summed E-state index contributed by atoms with van der Waals surface area (Å²) in [6.45, 7) is 1.05. The second kappa shape index (κ2) is 7.69. The zero-order valence-corrected chi connectivity index (χ0v) is 16.7. The molecule has 148 valence electrons. The number of sulfonamides is 1. The molecule has 1 saturated carbocycles. The van der Waals surface area contributed by atoms with E-state index in [1.165, 1.54) is 12.3 Å². The number of hydrogen-bond donors (Lipinski definition) is 2. The third kappa shape index (κ3) is 4.29. The number of rotatable bonds is 7. The zero-order chi connectivity index (χ0) is 19.7. The Balaban J connectivity index is 1.40. The lowest BCUT2D eigenvalue weighted by atomic mass is 10.2. The van der Waals surface area contributed by atoms with Crippen LogP contribution in [0.4, 0.5) is 11.5 Å². The minimum Gasteiger partial charge on any atom is -0.358 e. The Kier molecular flexibility index (Phi) is 5.27. The second-order valence-electron chi connectivity index (χ2n) is 7.13. The summed E-state index contributed by atoms with van der Waals surface area (Å²) in [4.78, 5) is 18.7. The summed E-state index contributed by atoms with van der Waals surface area (Å²) >= 11 is 6.01. The molecular formula is C19H21ClN4O3S. The van der Waals surface area contributed by atoms with Crippen molar-refractivity contribution in [3.05, 3.63) is 47.6 Å². The third-order valence-corrected chi connectivity index (χ3v) is 6.60. The molecular weight excluding hydrogens is 400 g/mol. The average molecular weight is 421 g/mol. The first kappa shape index (κ1) is 19.2. The number of benzene rings is 1. The number of carbonyl (C=O) groups excluding carboxylic acids is 1. The van der Waals surface area contributed by atoms with E-state index in [9.17, 15) is 13.2 Å². The minimum atomic E-state index is -3.55. The van der Waals surface area contributed by atoms with Gasteiger partial charge in [-0.05, 0) is 55.5 Å². The van der Waals surface area contributed by atoms with E-state index in [0.29, 0.717) is 36.3 Å². The fourth-order valence-electron chi connectivity index (χ4n) is 3.15. The lowest BCUT2D eigenvalue weighted by molar-refractivity contribution is -0.117. The topological polar surface area (TPSA) is 91.4 Å². The molecule has 7 nitrogen and oxygen atoms in total. The highest BCUT2D eigenvalue weighted by Gasteiger charge is 2.33. The van der Waals surface area contributed by atoms with Crippen LogP contribution < -0.4 is 14.9 Å². The number of carbonyl (C=O) groups is 1. The second-order valence-corrected chi connectivity index (χ2v) is 9.33. The van der Waals surface area contributed by atoms with Gasteiger partial charge in [-0.1, -0.05) is 17.7 Å². The molecule has 1 unspecified atom stereocenters. The molecule has 1 aromatic heterocycles. The van der Waals surface area contributed by atoms with E-state index in [1.54, 1.807) is 23.1 Å². The van der Waals surface area contributed by atoms with E-state index >= 15 is 0 Å². The fourth-order valence-corrected chi connectivity index (χ4v) is 4.40. The summed E-state index contributed by atoms with van der Waals surface area (Å²) in [5.74, 6) is 0.860. The Morgan fingerprint density at radius 1 is 1.18 bits per heavy atom. The largest absolute Gasteiger partial charge is 0.358 e. The molecule has 1 aromatic carbocycles. The van der Waals surface area contributed by atoms with Crippen LogP contribution in [0, 0.1) is 5.92 Å². The van der Waals surface area contributed by atoms with Crippen LogP contribution in [-0.4, -0.2) is 38.4 Å². The Bertz CT molecular complexity index is 977. The van der Waals surface area contributed by atoms with Crippen LogP contribution in [0.15, 0.2) is 47.5 Å². The van der Waals surface area contributed by atoms with Crippen molar-refractivity contribution in [3.8, 4) is 0 Å². The lowest BCUT2D eigenvalue weighted by Gasteiger charge is -2.17. The quantitative estimate of drug-likeness (QED) is 0.718. The molecule has 1 amide bonds. The Hall–Kier alpha value is -2.16. The molecule has 2 N–H and O–H groups in total. The first-order valence-corrected chi connectivity index (χ1v) is 11.1. The van der Waals surface area contributed by atoms with E-state index in [4.69, 9.17) is 11.6 Å². The first-order chi connectivity index (χ1) is 13.4. The summed E-state index contributed by atoms with van der Waals surface area (Å²) in [6, 6.07) is 9.85. The van der Waals surface area contributed by atoms with Gasteiger partial charge in [0, 0.05) is 30.0 Å². The van der Waals surface area contributed by atoms with Crippen LogP contribution in [-0.2, 0) is 14.8 Å². The molecule has 28 heavy (non-hydrogen) atoms. The molecule has 4 rings (SSSR count). The highest BCUT2D eigenvalue weighted by molar-refractivity contribution is 7.89. The summed E-state index contributed by atoms with van der Waals surface area (Å²) < 4.78 is 27.1. The van der Waals surface area contributed by atoms with Crippen molar-refractivity contribution in [2.24, 2.45) is 5.92 Å². The van der Waals surface area contributed by atoms with E-state index in [1.807, 2.05) is 12.1 Å². The van der Waals surface area contributed by atoms with Gasteiger partial charge in [-0.25, -0.2) is 18.1 Å². The van der Waals surface area contributed by atoms with Crippen molar-refractivity contribution in [1.82, 2.24) is 9.71 Å². The number of pyridine rings is 1. The lowest BCUT2D eigenvalue weighted by Crippen LogP contribution is -2.33. The number of amides is 1.